The van der Waals surface area contributed by atoms with E-state index in [1.807, 2.05) is 0 Å². The van der Waals surface area contributed by atoms with Crippen molar-refractivity contribution in [1.82, 2.24) is 4.90 Å². The minimum absolute atomic E-state index is 0.601. The summed E-state index contributed by atoms with van der Waals surface area (Å²) >= 11 is 5.65. The maximum atomic E-state index is 5.65. The lowest BCUT2D eigenvalue weighted by molar-refractivity contribution is 0.311. The first-order valence-electron chi connectivity index (χ1n) is 7.76. The molecular formula is C17H26N2S. The highest BCUT2D eigenvalue weighted by Gasteiger charge is 2.21. The molecule has 110 valence electrons. The molecule has 1 aromatic carbocycles. The molecule has 0 aromatic heterocycles. The highest BCUT2D eigenvalue weighted by molar-refractivity contribution is 7.80. The van der Waals surface area contributed by atoms with Crippen molar-refractivity contribution in [2.24, 2.45) is 0 Å². The number of nitrogens with zero attached hydrogens (tertiary/aromatic N) is 1. The van der Waals surface area contributed by atoms with E-state index in [2.05, 4.69) is 49.2 Å². The number of aryl methyl sites for hydroxylation is 2. The molecule has 1 fully saturated rings. The third kappa shape index (κ3) is 3.72. The number of nitrogens with one attached hydrogen (secondary N) is 1. The Kier molecular flexibility index (Phi) is 5.41. The minimum atomic E-state index is 0.601. The van der Waals surface area contributed by atoms with Crippen LogP contribution in [0.15, 0.2) is 18.2 Å². The summed E-state index contributed by atoms with van der Waals surface area (Å²) in [4.78, 5) is 2.40. The molecule has 0 amide bonds. The van der Waals surface area contributed by atoms with Crippen molar-refractivity contribution in [1.29, 1.82) is 0 Å². The normalized spacial score (nSPS) is 19.6. The maximum absolute atomic E-state index is 5.65. The fourth-order valence-corrected chi connectivity index (χ4v) is 3.24. The van der Waals surface area contributed by atoms with Gasteiger partial charge in [0.15, 0.2) is 5.11 Å². The zero-order valence-corrected chi connectivity index (χ0v) is 13.7. The van der Waals surface area contributed by atoms with Crippen LogP contribution < -0.4 is 5.32 Å². The molecule has 1 heterocycles. The molecule has 1 unspecified atom stereocenters. The van der Waals surface area contributed by atoms with Crippen molar-refractivity contribution in [3.8, 4) is 0 Å². The molecule has 2 rings (SSSR count). The molecule has 20 heavy (non-hydrogen) atoms. The Bertz CT molecular complexity index is 470. The molecule has 0 radical (unpaired) electrons. The largest absolute Gasteiger partial charge is 0.346 e. The van der Waals surface area contributed by atoms with E-state index in [1.165, 1.54) is 43.2 Å². The SMILES string of the molecule is CCC1CCCCCN1C(=S)Nc1ccc(C)c(C)c1. The van der Waals surface area contributed by atoms with Gasteiger partial charge in [-0.2, -0.15) is 0 Å². The Morgan fingerprint density at radius 2 is 2.05 bits per heavy atom. The number of benzene rings is 1. The molecule has 1 aromatic rings. The number of anilines is 1. The molecule has 3 heteroatoms. The van der Waals surface area contributed by atoms with Crippen LogP contribution in [0.2, 0.25) is 0 Å². The second kappa shape index (κ2) is 7.07. The van der Waals surface area contributed by atoms with Crippen molar-refractivity contribution in [3.05, 3.63) is 29.3 Å². The molecule has 0 spiro atoms. The standard InChI is InChI=1S/C17H26N2S/c1-4-16-8-6-5-7-11-19(16)17(20)18-15-10-9-13(2)14(3)12-15/h9-10,12,16H,4-8,11H2,1-3H3,(H,18,20). The second-order valence-electron chi connectivity index (χ2n) is 5.83. The predicted octanol–water partition coefficient (Wildman–Crippen LogP) is 4.65. The number of hydrogen-bond acceptors (Lipinski definition) is 1. The van der Waals surface area contributed by atoms with E-state index < -0.39 is 0 Å². The zero-order chi connectivity index (χ0) is 14.5. The average Bonchev–Trinajstić information content (AvgIpc) is 2.68. The summed E-state index contributed by atoms with van der Waals surface area (Å²) in [5.41, 5.74) is 3.74. The first kappa shape index (κ1) is 15.3. The fraction of sp³-hybridized carbons (Fsp3) is 0.588. The monoisotopic (exact) mass is 290 g/mol. The van der Waals surface area contributed by atoms with Crippen LogP contribution in [0, 0.1) is 13.8 Å². The van der Waals surface area contributed by atoms with Crippen LogP contribution in [0.4, 0.5) is 5.69 Å². The summed E-state index contributed by atoms with van der Waals surface area (Å²) in [7, 11) is 0. The summed E-state index contributed by atoms with van der Waals surface area (Å²) in [6.07, 6.45) is 6.37. The van der Waals surface area contributed by atoms with Crippen molar-refractivity contribution in [2.45, 2.75) is 58.9 Å². The molecule has 1 aliphatic heterocycles. The highest BCUT2D eigenvalue weighted by atomic mass is 32.1. The second-order valence-corrected chi connectivity index (χ2v) is 6.22. The number of hydrogen-bond donors (Lipinski definition) is 1. The van der Waals surface area contributed by atoms with Crippen molar-refractivity contribution in [3.63, 3.8) is 0 Å². The van der Waals surface area contributed by atoms with Crippen molar-refractivity contribution < 1.29 is 0 Å². The van der Waals surface area contributed by atoms with Gasteiger partial charge >= 0.3 is 0 Å². The Labute approximate surface area is 128 Å². The van der Waals surface area contributed by atoms with Gasteiger partial charge in [0.2, 0.25) is 0 Å². The number of thiocarbonyl (C=S) groups is 1. The van der Waals surface area contributed by atoms with Crippen LogP contribution in [0.25, 0.3) is 0 Å². The molecule has 2 nitrogen and oxygen atoms in total. The van der Waals surface area contributed by atoms with Gasteiger partial charge in [-0.15, -0.1) is 0 Å². The Morgan fingerprint density at radius 3 is 2.75 bits per heavy atom. The summed E-state index contributed by atoms with van der Waals surface area (Å²) in [6.45, 7) is 7.64. The summed E-state index contributed by atoms with van der Waals surface area (Å²) in [5.74, 6) is 0. The van der Waals surface area contributed by atoms with E-state index in [9.17, 15) is 0 Å². The Hall–Kier alpha value is -1.09. The van der Waals surface area contributed by atoms with Gasteiger partial charge in [0.1, 0.15) is 0 Å². The van der Waals surface area contributed by atoms with Crippen LogP contribution in [-0.4, -0.2) is 22.6 Å². The minimum Gasteiger partial charge on any atom is -0.346 e. The summed E-state index contributed by atoms with van der Waals surface area (Å²) in [5, 5.41) is 4.32. The van der Waals surface area contributed by atoms with Gasteiger partial charge < -0.3 is 10.2 Å². The van der Waals surface area contributed by atoms with E-state index >= 15 is 0 Å². The van der Waals surface area contributed by atoms with Crippen molar-refractivity contribution >= 4 is 23.0 Å². The van der Waals surface area contributed by atoms with Crippen LogP contribution >= 0.6 is 12.2 Å². The molecular weight excluding hydrogens is 264 g/mol. The third-order valence-electron chi connectivity index (χ3n) is 4.37. The van der Waals surface area contributed by atoms with Crippen LogP contribution in [0.3, 0.4) is 0 Å². The lowest BCUT2D eigenvalue weighted by Crippen LogP contribution is -2.42. The van der Waals surface area contributed by atoms with E-state index in [1.54, 1.807) is 0 Å². The van der Waals surface area contributed by atoms with E-state index in [-0.39, 0.29) is 0 Å². The van der Waals surface area contributed by atoms with E-state index in [4.69, 9.17) is 12.2 Å². The first-order valence-corrected chi connectivity index (χ1v) is 8.17. The maximum Gasteiger partial charge on any atom is 0.173 e. The zero-order valence-electron chi connectivity index (χ0n) is 12.9. The number of likely N-dealkylation sites (tertiary alicyclic amines) is 1. The summed E-state index contributed by atoms with van der Waals surface area (Å²) in [6, 6.07) is 7.05. The molecule has 1 N–H and O–H groups in total. The van der Waals surface area contributed by atoms with E-state index in [0.717, 1.165) is 17.3 Å². The van der Waals surface area contributed by atoms with E-state index in [0.29, 0.717) is 6.04 Å². The van der Waals surface area contributed by atoms with Crippen molar-refractivity contribution in [2.75, 3.05) is 11.9 Å². The molecule has 0 bridgehead atoms. The van der Waals surface area contributed by atoms with Gasteiger partial charge in [-0.05, 0) is 68.6 Å². The quantitative estimate of drug-likeness (QED) is 0.798. The van der Waals surface area contributed by atoms with Crippen LogP contribution in [-0.2, 0) is 0 Å². The lowest BCUT2D eigenvalue weighted by Gasteiger charge is -2.32. The highest BCUT2D eigenvalue weighted by Crippen LogP contribution is 2.21. The topological polar surface area (TPSA) is 15.3 Å². The summed E-state index contributed by atoms with van der Waals surface area (Å²) < 4.78 is 0. The fourth-order valence-electron chi connectivity index (χ4n) is 2.88. The van der Waals surface area contributed by atoms with Crippen LogP contribution in [0.1, 0.15) is 50.2 Å². The third-order valence-corrected chi connectivity index (χ3v) is 4.70. The lowest BCUT2D eigenvalue weighted by atomic mass is 10.1. The molecule has 0 aliphatic carbocycles. The predicted molar refractivity (Wildman–Crippen MR) is 91.4 cm³/mol. The smallest absolute Gasteiger partial charge is 0.173 e. The van der Waals surface area contributed by atoms with Crippen LogP contribution in [0.5, 0.6) is 0 Å². The molecule has 0 saturated carbocycles. The van der Waals surface area contributed by atoms with Gasteiger partial charge in [0.05, 0.1) is 0 Å². The first-order chi connectivity index (χ1) is 9.61. The van der Waals surface area contributed by atoms with Gasteiger partial charge in [0.25, 0.3) is 0 Å². The van der Waals surface area contributed by atoms with Gasteiger partial charge in [-0.1, -0.05) is 25.8 Å². The average molecular weight is 290 g/mol. The Balaban J connectivity index is 2.07. The van der Waals surface area contributed by atoms with Gasteiger partial charge in [0, 0.05) is 18.3 Å². The van der Waals surface area contributed by atoms with Gasteiger partial charge in [-0.3, -0.25) is 0 Å². The molecule has 1 atom stereocenters. The molecule has 1 saturated heterocycles. The van der Waals surface area contributed by atoms with Gasteiger partial charge in [-0.25, -0.2) is 0 Å². The Morgan fingerprint density at radius 1 is 1.25 bits per heavy atom. The molecule has 1 aliphatic rings. The number of rotatable bonds is 2.